The number of anilines is 1. The first kappa shape index (κ1) is 31.8. The predicted molar refractivity (Wildman–Crippen MR) is 165 cm³/mol. The molecule has 0 radical (unpaired) electrons. The SMILES string of the molecule is C/C=C/N(C(=O)C(F)(F)F)c1ccc(-c2cc(Cc3ccccc3)nn2O)c([C@H]2CCCN2C(=O)OCc2ccccc2)c1Br. The molecule has 0 aliphatic carbocycles. The molecule has 4 aromatic rings. The van der Waals surface area contributed by atoms with Crippen LogP contribution in [-0.2, 0) is 22.6 Å². The minimum atomic E-state index is -5.14. The fourth-order valence-electron chi connectivity index (χ4n) is 5.44. The third-order valence-corrected chi connectivity index (χ3v) is 8.28. The lowest BCUT2D eigenvalue weighted by Gasteiger charge is -2.29. The number of allylic oxidation sites excluding steroid dienone is 1. The number of alkyl halides is 3. The molecule has 0 saturated carbocycles. The quantitative estimate of drug-likeness (QED) is 0.190. The number of carbonyl (C=O) groups is 2. The van der Waals surface area contributed by atoms with Crippen molar-refractivity contribution >= 4 is 33.6 Å². The lowest BCUT2D eigenvalue weighted by Crippen LogP contribution is -2.38. The van der Waals surface area contributed by atoms with Crippen LogP contribution in [0.3, 0.4) is 0 Å². The van der Waals surface area contributed by atoms with Crippen LogP contribution >= 0.6 is 15.9 Å². The summed E-state index contributed by atoms with van der Waals surface area (Å²) in [4.78, 5) is 28.7. The van der Waals surface area contributed by atoms with Crippen molar-refractivity contribution in [3.63, 3.8) is 0 Å². The van der Waals surface area contributed by atoms with E-state index < -0.39 is 24.2 Å². The molecule has 1 aromatic heterocycles. The molecular weight excluding hydrogens is 653 g/mol. The Kier molecular flexibility index (Phi) is 9.62. The molecule has 3 aromatic carbocycles. The second-order valence-electron chi connectivity index (χ2n) is 10.5. The van der Waals surface area contributed by atoms with Crippen LogP contribution in [0, 0.1) is 0 Å². The van der Waals surface area contributed by atoms with E-state index in [0.29, 0.717) is 47.5 Å². The van der Waals surface area contributed by atoms with Crippen molar-refractivity contribution in [1.29, 1.82) is 0 Å². The van der Waals surface area contributed by atoms with Gasteiger partial charge in [-0.15, -0.1) is 9.94 Å². The molecule has 1 N–H and O–H groups in total. The van der Waals surface area contributed by atoms with Crippen LogP contribution in [0.2, 0.25) is 0 Å². The molecule has 1 saturated heterocycles. The molecule has 0 unspecified atom stereocenters. The minimum Gasteiger partial charge on any atom is -0.445 e. The van der Waals surface area contributed by atoms with Gasteiger partial charge in [0.1, 0.15) is 12.3 Å². The highest BCUT2D eigenvalue weighted by Gasteiger charge is 2.44. The van der Waals surface area contributed by atoms with Gasteiger partial charge in [-0.1, -0.05) is 72.8 Å². The van der Waals surface area contributed by atoms with E-state index >= 15 is 0 Å². The summed E-state index contributed by atoms with van der Waals surface area (Å²) in [7, 11) is 0. The van der Waals surface area contributed by atoms with E-state index in [0.717, 1.165) is 22.2 Å². The molecule has 234 valence electrons. The van der Waals surface area contributed by atoms with Gasteiger partial charge >= 0.3 is 18.2 Å². The van der Waals surface area contributed by atoms with Crippen LogP contribution in [0.1, 0.15) is 48.2 Å². The summed E-state index contributed by atoms with van der Waals surface area (Å²) in [5, 5.41) is 15.2. The van der Waals surface area contributed by atoms with E-state index in [2.05, 4.69) is 21.0 Å². The number of hydrogen-bond donors (Lipinski definition) is 1. The normalized spacial score (nSPS) is 15.0. The molecule has 1 aliphatic heterocycles. The standard InChI is InChI=1S/C33H30BrF3N4O4/c1-2-17-39(31(42)33(35,36)37)27-16-15-25(28-20-24(38-41(28)44)19-22-10-5-3-6-11-22)29(30(27)34)26-14-9-18-40(26)32(43)45-21-23-12-7-4-8-13-23/h2-8,10-13,15-17,20,26,44H,9,14,18-19,21H2,1H3/b17-2+/t26-/m1/s1. The molecule has 1 aliphatic rings. The van der Waals surface area contributed by atoms with Gasteiger partial charge in [0.05, 0.1) is 17.4 Å². The zero-order chi connectivity index (χ0) is 32.1. The van der Waals surface area contributed by atoms with E-state index in [9.17, 15) is 28.0 Å². The van der Waals surface area contributed by atoms with E-state index in [4.69, 9.17) is 4.74 Å². The van der Waals surface area contributed by atoms with E-state index in [1.807, 2.05) is 60.7 Å². The molecule has 2 heterocycles. The Labute approximate surface area is 266 Å². The maximum Gasteiger partial charge on any atom is 0.472 e. The molecule has 0 spiro atoms. The zero-order valence-electron chi connectivity index (χ0n) is 24.2. The van der Waals surface area contributed by atoms with E-state index in [1.54, 1.807) is 6.07 Å². The molecule has 8 nitrogen and oxygen atoms in total. The lowest BCUT2D eigenvalue weighted by molar-refractivity contribution is -0.169. The van der Waals surface area contributed by atoms with Gasteiger partial charge in [-0.05, 0) is 59.0 Å². The van der Waals surface area contributed by atoms with Crippen molar-refractivity contribution in [2.24, 2.45) is 0 Å². The van der Waals surface area contributed by atoms with Crippen molar-refractivity contribution in [3.8, 4) is 11.3 Å². The number of likely N-dealkylation sites (tertiary alicyclic amines) is 1. The van der Waals surface area contributed by atoms with Crippen LogP contribution < -0.4 is 4.90 Å². The van der Waals surface area contributed by atoms with Crippen molar-refractivity contribution in [1.82, 2.24) is 14.8 Å². The summed E-state index contributed by atoms with van der Waals surface area (Å²) >= 11 is 3.50. The van der Waals surface area contributed by atoms with Crippen molar-refractivity contribution in [2.45, 2.75) is 45.0 Å². The van der Waals surface area contributed by atoms with Crippen molar-refractivity contribution in [3.05, 3.63) is 118 Å². The van der Waals surface area contributed by atoms with Gasteiger partial charge in [-0.25, -0.2) is 4.79 Å². The molecule has 12 heteroatoms. The molecule has 5 rings (SSSR count). The highest BCUT2D eigenvalue weighted by atomic mass is 79.9. The van der Waals surface area contributed by atoms with E-state index in [1.165, 1.54) is 30.0 Å². The Balaban J connectivity index is 1.59. The Morgan fingerprint density at radius 3 is 2.38 bits per heavy atom. The van der Waals surface area contributed by atoms with Gasteiger partial charge < -0.3 is 14.8 Å². The van der Waals surface area contributed by atoms with Crippen LogP contribution in [0.4, 0.5) is 23.7 Å². The zero-order valence-corrected chi connectivity index (χ0v) is 25.8. The number of carbonyl (C=O) groups excluding carboxylic acids is 2. The number of ether oxygens (including phenoxy) is 1. The summed E-state index contributed by atoms with van der Waals surface area (Å²) in [6.45, 7) is 1.88. The molecule has 2 amide bonds. The predicted octanol–water partition coefficient (Wildman–Crippen LogP) is 8.04. The number of benzene rings is 3. The fourth-order valence-corrected chi connectivity index (χ4v) is 6.25. The molecule has 1 atom stereocenters. The average molecular weight is 684 g/mol. The first-order valence-corrected chi connectivity index (χ1v) is 15.0. The van der Waals surface area contributed by atoms with Crippen LogP contribution in [-0.4, -0.2) is 44.8 Å². The van der Waals surface area contributed by atoms with Crippen LogP contribution in [0.15, 0.2) is 95.6 Å². The number of halogens is 4. The Hall–Kier alpha value is -4.58. The fraction of sp³-hybridized carbons (Fsp3) is 0.242. The summed E-state index contributed by atoms with van der Waals surface area (Å²) in [5.74, 6) is -2.08. The molecular formula is C33H30BrF3N4O4. The average Bonchev–Trinajstić information content (AvgIpc) is 3.65. The number of hydrogen-bond acceptors (Lipinski definition) is 5. The first-order chi connectivity index (χ1) is 21.6. The maximum absolute atomic E-state index is 13.7. The molecule has 45 heavy (non-hydrogen) atoms. The third kappa shape index (κ3) is 7.06. The van der Waals surface area contributed by atoms with Gasteiger partial charge in [0, 0.05) is 34.8 Å². The summed E-state index contributed by atoms with van der Waals surface area (Å²) in [5.41, 5.74) is 3.35. The summed E-state index contributed by atoms with van der Waals surface area (Å²) < 4.78 is 46.8. The second kappa shape index (κ2) is 13.6. The highest BCUT2D eigenvalue weighted by molar-refractivity contribution is 9.10. The second-order valence-corrected chi connectivity index (χ2v) is 11.3. The lowest BCUT2D eigenvalue weighted by atomic mass is 9.95. The number of nitrogens with zero attached hydrogens (tertiary/aromatic N) is 4. The number of rotatable bonds is 8. The molecule has 1 fully saturated rings. The van der Waals surface area contributed by atoms with Gasteiger partial charge in [0.15, 0.2) is 0 Å². The minimum absolute atomic E-state index is 0.0401. The van der Waals surface area contributed by atoms with Crippen molar-refractivity contribution in [2.75, 3.05) is 11.4 Å². The summed E-state index contributed by atoms with van der Waals surface area (Å²) in [6.07, 6.45) is -1.90. The monoisotopic (exact) mass is 682 g/mol. The number of aromatic nitrogens is 2. The Bertz CT molecular complexity index is 1690. The van der Waals surface area contributed by atoms with Gasteiger partial charge in [-0.3, -0.25) is 9.69 Å². The largest absolute Gasteiger partial charge is 0.472 e. The van der Waals surface area contributed by atoms with E-state index in [-0.39, 0.29) is 22.5 Å². The van der Waals surface area contributed by atoms with Crippen molar-refractivity contribution < 1.29 is 32.7 Å². The Morgan fingerprint density at radius 1 is 1.07 bits per heavy atom. The first-order valence-electron chi connectivity index (χ1n) is 14.2. The van der Waals surface area contributed by atoms with Crippen LogP contribution in [0.5, 0.6) is 0 Å². The highest BCUT2D eigenvalue weighted by Crippen LogP contribution is 2.46. The molecule has 0 bridgehead atoms. The van der Waals surface area contributed by atoms with Gasteiger partial charge in [0.2, 0.25) is 0 Å². The van der Waals surface area contributed by atoms with Gasteiger partial charge in [0.25, 0.3) is 0 Å². The number of amides is 2. The smallest absolute Gasteiger partial charge is 0.445 e. The topological polar surface area (TPSA) is 87.9 Å². The van der Waals surface area contributed by atoms with Crippen LogP contribution in [0.25, 0.3) is 11.3 Å². The van der Waals surface area contributed by atoms with Gasteiger partial charge in [-0.2, -0.15) is 13.2 Å². The third-order valence-electron chi connectivity index (χ3n) is 7.45. The Morgan fingerprint density at radius 2 is 1.73 bits per heavy atom. The summed E-state index contributed by atoms with van der Waals surface area (Å²) in [6, 6.07) is 22.6. The maximum atomic E-state index is 13.7.